The van der Waals surface area contributed by atoms with E-state index >= 15 is 0 Å². The third kappa shape index (κ3) is 6.48. The minimum absolute atomic E-state index is 0.0480. The van der Waals surface area contributed by atoms with Gasteiger partial charge in [-0.2, -0.15) is 0 Å². The zero-order chi connectivity index (χ0) is 22.3. The molecule has 0 aromatic heterocycles. The molecule has 3 rings (SSSR count). The zero-order valence-electron chi connectivity index (χ0n) is 19.8. The first-order valence-corrected chi connectivity index (χ1v) is 11.4. The van der Waals surface area contributed by atoms with Crippen LogP contribution in [0.2, 0.25) is 0 Å². The molecule has 2 aliphatic heterocycles. The normalized spacial score (nSPS) is 21.4. The molecule has 2 heterocycles. The lowest BCUT2D eigenvalue weighted by Crippen LogP contribution is -2.50. The standard InChI is InChI=1S/C24H39NO6/c1-18(2)29-12-13-30-20-6-11-31-24(16-20)7-9-25(10-8-24)17-19-14-21(26-3)23(28-5)22(15-19)27-4/h14-15,18,20H,6-13,16-17H2,1-5H3. The molecule has 2 aliphatic rings. The quantitative estimate of drug-likeness (QED) is 0.518. The Morgan fingerprint density at radius 2 is 1.71 bits per heavy atom. The second kappa shape index (κ2) is 11.4. The van der Waals surface area contributed by atoms with Gasteiger partial charge in [0.05, 0.1) is 52.4 Å². The summed E-state index contributed by atoms with van der Waals surface area (Å²) in [5, 5.41) is 0. The minimum Gasteiger partial charge on any atom is -0.493 e. The maximum Gasteiger partial charge on any atom is 0.203 e. The van der Waals surface area contributed by atoms with E-state index in [9.17, 15) is 0 Å². The van der Waals surface area contributed by atoms with Crippen molar-refractivity contribution in [1.29, 1.82) is 0 Å². The van der Waals surface area contributed by atoms with E-state index in [0.29, 0.717) is 30.5 Å². The summed E-state index contributed by atoms with van der Waals surface area (Å²) in [6.45, 7) is 9.04. The van der Waals surface area contributed by atoms with Crippen molar-refractivity contribution >= 4 is 0 Å². The van der Waals surface area contributed by atoms with Gasteiger partial charge in [0.25, 0.3) is 0 Å². The van der Waals surface area contributed by atoms with Crippen molar-refractivity contribution in [3.63, 3.8) is 0 Å². The number of hydrogen-bond acceptors (Lipinski definition) is 7. The fraction of sp³-hybridized carbons (Fsp3) is 0.750. The molecule has 2 saturated heterocycles. The molecule has 1 unspecified atom stereocenters. The van der Waals surface area contributed by atoms with Crippen LogP contribution in [0.25, 0.3) is 0 Å². The summed E-state index contributed by atoms with van der Waals surface area (Å²) in [5.74, 6) is 2.02. The van der Waals surface area contributed by atoms with Gasteiger partial charge in [-0.3, -0.25) is 4.90 Å². The predicted octanol–water partition coefficient (Wildman–Crippen LogP) is 3.67. The van der Waals surface area contributed by atoms with E-state index in [2.05, 4.69) is 18.7 Å². The largest absolute Gasteiger partial charge is 0.493 e. The van der Waals surface area contributed by atoms with E-state index in [1.54, 1.807) is 21.3 Å². The number of hydrogen-bond donors (Lipinski definition) is 0. The average molecular weight is 438 g/mol. The first kappa shape index (κ1) is 24.1. The topological polar surface area (TPSA) is 58.6 Å². The number of nitrogens with zero attached hydrogens (tertiary/aromatic N) is 1. The minimum atomic E-state index is -0.0480. The van der Waals surface area contributed by atoms with E-state index in [-0.39, 0.29) is 17.8 Å². The maximum absolute atomic E-state index is 6.29. The third-order valence-electron chi connectivity index (χ3n) is 6.23. The van der Waals surface area contributed by atoms with Gasteiger partial charge in [-0.15, -0.1) is 0 Å². The number of piperidine rings is 1. The number of methoxy groups -OCH3 is 3. The second-order valence-electron chi connectivity index (χ2n) is 8.75. The molecule has 0 amide bonds. The predicted molar refractivity (Wildman–Crippen MR) is 119 cm³/mol. The van der Waals surface area contributed by atoms with E-state index in [1.165, 1.54) is 0 Å². The molecule has 1 aromatic rings. The molecule has 7 nitrogen and oxygen atoms in total. The molecular formula is C24H39NO6. The molecule has 31 heavy (non-hydrogen) atoms. The van der Waals surface area contributed by atoms with Crippen molar-refractivity contribution in [3.05, 3.63) is 17.7 Å². The Labute approximate surface area is 186 Å². The highest BCUT2D eigenvalue weighted by Gasteiger charge is 2.40. The Balaban J connectivity index is 1.52. The summed E-state index contributed by atoms with van der Waals surface area (Å²) >= 11 is 0. The summed E-state index contributed by atoms with van der Waals surface area (Å²) in [6, 6.07) is 4.07. The molecule has 0 aliphatic carbocycles. The molecule has 1 spiro atoms. The van der Waals surface area contributed by atoms with Crippen molar-refractivity contribution in [2.24, 2.45) is 0 Å². The fourth-order valence-electron chi connectivity index (χ4n) is 4.58. The number of likely N-dealkylation sites (tertiary alicyclic amines) is 1. The monoisotopic (exact) mass is 437 g/mol. The zero-order valence-corrected chi connectivity index (χ0v) is 19.8. The van der Waals surface area contributed by atoms with Crippen molar-refractivity contribution in [2.75, 3.05) is 54.2 Å². The smallest absolute Gasteiger partial charge is 0.203 e. The van der Waals surface area contributed by atoms with E-state index in [0.717, 1.165) is 57.5 Å². The summed E-state index contributed by atoms with van der Waals surface area (Å²) in [4.78, 5) is 2.47. The van der Waals surface area contributed by atoms with Crippen LogP contribution in [0.15, 0.2) is 12.1 Å². The first-order chi connectivity index (χ1) is 15.0. The third-order valence-corrected chi connectivity index (χ3v) is 6.23. The molecule has 7 heteroatoms. The Hall–Kier alpha value is -1.54. The maximum atomic E-state index is 6.29. The lowest BCUT2D eigenvalue weighted by molar-refractivity contribution is -0.159. The van der Waals surface area contributed by atoms with Gasteiger partial charge in [0.2, 0.25) is 5.75 Å². The summed E-state index contributed by atoms with van der Waals surface area (Å²) < 4.78 is 34.4. The van der Waals surface area contributed by atoms with Gasteiger partial charge in [-0.25, -0.2) is 0 Å². The number of ether oxygens (including phenoxy) is 6. The Bertz CT molecular complexity index is 662. The highest BCUT2D eigenvalue weighted by molar-refractivity contribution is 5.53. The van der Waals surface area contributed by atoms with E-state index < -0.39 is 0 Å². The molecule has 0 bridgehead atoms. The van der Waals surface area contributed by atoms with Gasteiger partial charge in [0.15, 0.2) is 11.5 Å². The van der Waals surface area contributed by atoms with Crippen molar-refractivity contribution in [1.82, 2.24) is 4.90 Å². The van der Waals surface area contributed by atoms with Crippen LogP contribution in [0, 0.1) is 0 Å². The molecular weight excluding hydrogens is 398 g/mol. The molecule has 2 fully saturated rings. The molecule has 0 N–H and O–H groups in total. The Kier molecular flexibility index (Phi) is 8.84. The summed E-state index contributed by atoms with van der Waals surface area (Å²) in [6.07, 6.45) is 4.52. The van der Waals surface area contributed by atoms with Crippen LogP contribution in [0.5, 0.6) is 17.2 Å². The molecule has 1 atom stereocenters. The van der Waals surface area contributed by atoms with Crippen LogP contribution in [0.3, 0.4) is 0 Å². The number of benzene rings is 1. The van der Waals surface area contributed by atoms with Crippen LogP contribution in [0.4, 0.5) is 0 Å². The Morgan fingerprint density at radius 1 is 1.03 bits per heavy atom. The van der Waals surface area contributed by atoms with E-state index in [4.69, 9.17) is 28.4 Å². The molecule has 0 radical (unpaired) electrons. The second-order valence-corrected chi connectivity index (χ2v) is 8.75. The highest BCUT2D eigenvalue weighted by atomic mass is 16.5. The van der Waals surface area contributed by atoms with Gasteiger partial charge < -0.3 is 28.4 Å². The SMILES string of the molecule is COc1cc(CN2CCC3(CC2)CC(OCCOC(C)C)CCO3)cc(OC)c1OC. The van der Waals surface area contributed by atoms with Gasteiger partial charge in [-0.1, -0.05) is 0 Å². The van der Waals surface area contributed by atoms with Gasteiger partial charge in [-0.05, 0) is 50.8 Å². The van der Waals surface area contributed by atoms with Crippen LogP contribution >= 0.6 is 0 Å². The lowest BCUT2D eigenvalue weighted by Gasteiger charge is -2.46. The first-order valence-electron chi connectivity index (χ1n) is 11.4. The molecule has 176 valence electrons. The van der Waals surface area contributed by atoms with Gasteiger partial charge >= 0.3 is 0 Å². The number of rotatable bonds is 10. The highest BCUT2D eigenvalue weighted by Crippen LogP contribution is 2.40. The fourth-order valence-corrected chi connectivity index (χ4v) is 4.58. The van der Waals surface area contributed by atoms with Crippen LogP contribution in [-0.2, 0) is 20.8 Å². The van der Waals surface area contributed by atoms with Gasteiger partial charge in [0, 0.05) is 32.7 Å². The Morgan fingerprint density at radius 3 is 2.29 bits per heavy atom. The van der Waals surface area contributed by atoms with Crippen LogP contribution in [-0.4, -0.2) is 76.9 Å². The van der Waals surface area contributed by atoms with Crippen LogP contribution < -0.4 is 14.2 Å². The van der Waals surface area contributed by atoms with Gasteiger partial charge in [0.1, 0.15) is 0 Å². The lowest BCUT2D eigenvalue weighted by atomic mass is 9.83. The van der Waals surface area contributed by atoms with E-state index in [1.807, 2.05) is 12.1 Å². The average Bonchev–Trinajstić information content (AvgIpc) is 2.78. The van der Waals surface area contributed by atoms with Crippen molar-refractivity contribution < 1.29 is 28.4 Å². The summed E-state index contributed by atoms with van der Waals surface area (Å²) in [5.41, 5.74) is 1.11. The van der Waals surface area contributed by atoms with Crippen molar-refractivity contribution in [3.8, 4) is 17.2 Å². The van der Waals surface area contributed by atoms with Crippen LogP contribution in [0.1, 0.15) is 45.1 Å². The van der Waals surface area contributed by atoms with Crippen molar-refractivity contribution in [2.45, 2.75) is 63.9 Å². The molecule has 0 saturated carbocycles. The summed E-state index contributed by atoms with van der Waals surface area (Å²) in [7, 11) is 4.93. The molecule has 1 aromatic carbocycles.